The Morgan fingerprint density at radius 1 is 1.27 bits per heavy atom. The minimum Gasteiger partial charge on any atom is -0.373 e. The summed E-state index contributed by atoms with van der Waals surface area (Å²) in [6.45, 7) is 0.280. The van der Waals surface area contributed by atoms with Gasteiger partial charge < -0.3 is 9.88 Å². The van der Waals surface area contributed by atoms with Gasteiger partial charge in [0.15, 0.2) is 5.65 Å². The normalized spacial score (nSPS) is 11.6. The van der Waals surface area contributed by atoms with Crippen LogP contribution in [0, 0.1) is 5.82 Å². The van der Waals surface area contributed by atoms with E-state index in [1.54, 1.807) is 43.2 Å². The molecule has 11 heteroatoms. The topological polar surface area (TPSA) is 106 Å². The summed E-state index contributed by atoms with van der Waals surface area (Å²) >= 11 is 1.42. The Morgan fingerprint density at radius 3 is 2.90 bits per heavy atom. The van der Waals surface area contributed by atoms with Crippen LogP contribution >= 0.6 is 11.3 Å². The number of hydrogen-bond donors (Lipinski definition) is 2. The van der Waals surface area contributed by atoms with Gasteiger partial charge in [-0.1, -0.05) is 0 Å². The van der Waals surface area contributed by atoms with Crippen molar-refractivity contribution in [2.75, 3.05) is 12.4 Å². The molecule has 152 valence electrons. The largest absolute Gasteiger partial charge is 0.373 e. The van der Waals surface area contributed by atoms with Gasteiger partial charge in [-0.3, -0.25) is 9.89 Å². The molecule has 5 rings (SSSR count). The van der Waals surface area contributed by atoms with E-state index in [1.807, 2.05) is 0 Å². The SMILES string of the molecule is CNc1ccc(F)c(Cc2nc3c(s2)c2cnn(Cc4cc[nH]n4)c(=O)c2n3C)n1. The number of halogens is 1. The average Bonchev–Trinajstić information content (AvgIpc) is 3.45. The van der Waals surface area contributed by atoms with E-state index in [0.29, 0.717) is 22.7 Å². The quantitative estimate of drug-likeness (QED) is 0.448. The van der Waals surface area contributed by atoms with Crippen LogP contribution in [0.4, 0.5) is 10.2 Å². The number of nitrogens with zero attached hydrogens (tertiary/aromatic N) is 6. The van der Waals surface area contributed by atoms with E-state index in [-0.39, 0.29) is 24.3 Å². The Hall–Kier alpha value is -3.60. The maximum absolute atomic E-state index is 14.2. The first kappa shape index (κ1) is 18.4. The number of aryl methyl sites for hydroxylation is 1. The predicted molar refractivity (Wildman–Crippen MR) is 112 cm³/mol. The van der Waals surface area contributed by atoms with Gasteiger partial charge in [-0.15, -0.1) is 11.3 Å². The van der Waals surface area contributed by atoms with Crippen molar-refractivity contribution in [3.63, 3.8) is 0 Å². The van der Waals surface area contributed by atoms with Crippen molar-refractivity contribution in [1.29, 1.82) is 0 Å². The summed E-state index contributed by atoms with van der Waals surface area (Å²) in [6, 6.07) is 4.78. The van der Waals surface area contributed by atoms with Crippen molar-refractivity contribution in [2.45, 2.75) is 13.0 Å². The van der Waals surface area contributed by atoms with E-state index in [1.165, 1.54) is 22.1 Å². The predicted octanol–water partition coefficient (Wildman–Crippen LogP) is 2.28. The summed E-state index contributed by atoms with van der Waals surface area (Å²) in [5.41, 5.74) is 2.04. The lowest BCUT2D eigenvalue weighted by molar-refractivity contribution is 0.604. The fraction of sp³-hybridized carbons (Fsp3) is 0.211. The van der Waals surface area contributed by atoms with Crippen LogP contribution in [0.3, 0.4) is 0 Å². The van der Waals surface area contributed by atoms with Gasteiger partial charge in [-0.2, -0.15) is 10.2 Å². The van der Waals surface area contributed by atoms with Crippen LogP contribution in [0.5, 0.6) is 0 Å². The number of aromatic nitrogens is 7. The molecule has 0 aliphatic heterocycles. The van der Waals surface area contributed by atoms with Crippen LogP contribution in [-0.2, 0) is 20.0 Å². The molecule has 0 amide bonds. The highest BCUT2D eigenvalue weighted by Crippen LogP contribution is 2.31. The fourth-order valence-corrected chi connectivity index (χ4v) is 4.55. The number of nitrogens with one attached hydrogen (secondary N) is 2. The third-order valence-electron chi connectivity index (χ3n) is 4.93. The number of fused-ring (bicyclic) bond motifs is 3. The van der Waals surface area contributed by atoms with Crippen molar-refractivity contribution in [1.82, 2.24) is 34.5 Å². The summed E-state index contributed by atoms with van der Waals surface area (Å²) in [5.74, 6) is 0.223. The molecule has 5 heterocycles. The fourth-order valence-electron chi connectivity index (χ4n) is 3.44. The molecule has 0 bridgehead atoms. The van der Waals surface area contributed by atoms with E-state index < -0.39 is 0 Å². The molecule has 0 aromatic carbocycles. The Morgan fingerprint density at radius 2 is 2.13 bits per heavy atom. The van der Waals surface area contributed by atoms with Crippen LogP contribution in [0.1, 0.15) is 16.4 Å². The van der Waals surface area contributed by atoms with Gasteiger partial charge in [0.1, 0.15) is 22.2 Å². The van der Waals surface area contributed by atoms with E-state index in [2.05, 4.69) is 30.6 Å². The second kappa shape index (κ2) is 7.02. The van der Waals surface area contributed by atoms with Crippen LogP contribution in [0.25, 0.3) is 21.3 Å². The smallest absolute Gasteiger partial charge is 0.291 e. The molecule has 0 spiro atoms. The molecule has 0 fully saturated rings. The maximum atomic E-state index is 14.2. The summed E-state index contributed by atoms with van der Waals surface area (Å²) in [5, 5.41) is 15.5. The molecule has 0 atom stereocenters. The molecule has 0 radical (unpaired) electrons. The van der Waals surface area contributed by atoms with Crippen molar-refractivity contribution >= 4 is 38.4 Å². The minimum absolute atomic E-state index is 0.209. The van der Waals surface area contributed by atoms with Crippen molar-refractivity contribution in [3.05, 3.63) is 63.2 Å². The van der Waals surface area contributed by atoms with E-state index >= 15 is 0 Å². The second-order valence-corrected chi connectivity index (χ2v) is 7.89. The number of thiazole rings is 1. The number of anilines is 1. The second-order valence-electron chi connectivity index (χ2n) is 6.81. The highest BCUT2D eigenvalue weighted by Gasteiger charge is 2.19. The highest BCUT2D eigenvalue weighted by molar-refractivity contribution is 7.19. The van der Waals surface area contributed by atoms with E-state index in [9.17, 15) is 9.18 Å². The third kappa shape index (κ3) is 2.94. The molecule has 30 heavy (non-hydrogen) atoms. The Labute approximate surface area is 173 Å². The van der Waals surface area contributed by atoms with Crippen LogP contribution < -0.4 is 10.9 Å². The van der Waals surface area contributed by atoms with Gasteiger partial charge in [0.2, 0.25) is 0 Å². The monoisotopic (exact) mass is 424 g/mol. The zero-order valence-electron chi connectivity index (χ0n) is 16.2. The van der Waals surface area contributed by atoms with Crippen molar-refractivity contribution < 1.29 is 4.39 Å². The van der Waals surface area contributed by atoms with Crippen molar-refractivity contribution in [3.8, 4) is 0 Å². The molecular formula is C19H17FN8OS. The first-order valence-electron chi connectivity index (χ1n) is 9.21. The van der Waals surface area contributed by atoms with Gasteiger partial charge in [0.05, 0.1) is 28.8 Å². The number of pyridine rings is 1. The lowest BCUT2D eigenvalue weighted by atomic mass is 10.2. The molecule has 0 aliphatic carbocycles. The Balaban J connectivity index is 1.56. The van der Waals surface area contributed by atoms with Crippen LogP contribution in [-0.4, -0.2) is 41.6 Å². The summed E-state index contributed by atoms with van der Waals surface area (Å²) in [4.78, 5) is 21.9. The minimum atomic E-state index is -0.374. The van der Waals surface area contributed by atoms with Crippen LogP contribution in [0.2, 0.25) is 0 Å². The number of rotatable bonds is 5. The molecule has 0 aliphatic rings. The molecular weight excluding hydrogens is 407 g/mol. The highest BCUT2D eigenvalue weighted by atomic mass is 32.1. The Kier molecular flexibility index (Phi) is 4.31. The third-order valence-corrected chi connectivity index (χ3v) is 6.01. The standard InChI is InChI=1S/C19H17FN8OS/c1-21-14-4-3-12(20)13(24-14)7-15-25-18-17(30-15)11-8-23-28(9-10-5-6-22-26-10)19(29)16(11)27(18)2/h3-6,8H,7,9H2,1-2H3,(H,21,24)(H,22,26). The molecule has 0 unspecified atom stereocenters. The first-order chi connectivity index (χ1) is 14.5. The molecule has 2 N–H and O–H groups in total. The lowest BCUT2D eigenvalue weighted by Gasteiger charge is -2.04. The average molecular weight is 424 g/mol. The maximum Gasteiger partial charge on any atom is 0.291 e. The zero-order chi connectivity index (χ0) is 20.8. The van der Waals surface area contributed by atoms with Gasteiger partial charge >= 0.3 is 0 Å². The Bertz CT molecular complexity index is 1430. The van der Waals surface area contributed by atoms with Gasteiger partial charge in [0, 0.05) is 32.1 Å². The molecule has 9 nitrogen and oxygen atoms in total. The van der Waals surface area contributed by atoms with Gasteiger partial charge in [-0.05, 0) is 18.2 Å². The molecule has 5 aromatic rings. The van der Waals surface area contributed by atoms with E-state index in [4.69, 9.17) is 0 Å². The molecule has 0 saturated heterocycles. The van der Waals surface area contributed by atoms with E-state index in [0.717, 1.165) is 20.8 Å². The van der Waals surface area contributed by atoms with Gasteiger partial charge in [0.25, 0.3) is 5.56 Å². The number of aromatic amines is 1. The van der Waals surface area contributed by atoms with Crippen molar-refractivity contribution in [2.24, 2.45) is 7.05 Å². The molecule has 5 aromatic heterocycles. The van der Waals surface area contributed by atoms with Gasteiger partial charge in [-0.25, -0.2) is 19.0 Å². The number of hydrogen-bond acceptors (Lipinski definition) is 7. The molecule has 0 saturated carbocycles. The zero-order valence-corrected chi connectivity index (χ0v) is 17.0. The summed E-state index contributed by atoms with van der Waals surface area (Å²) in [7, 11) is 3.54. The summed E-state index contributed by atoms with van der Waals surface area (Å²) in [6.07, 6.45) is 3.65. The first-order valence-corrected chi connectivity index (χ1v) is 10.0. The number of H-pyrrole nitrogens is 1. The van der Waals surface area contributed by atoms with Crippen LogP contribution in [0.15, 0.2) is 35.4 Å². The summed E-state index contributed by atoms with van der Waals surface area (Å²) < 4.78 is 18.2. The lowest BCUT2D eigenvalue weighted by Crippen LogP contribution is -2.24.